The Morgan fingerprint density at radius 1 is 0.613 bits per heavy atom. The number of hydrogen-bond acceptors (Lipinski definition) is 2. The fourth-order valence-electron chi connectivity index (χ4n) is 3.54. The minimum atomic E-state index is 0.492. The number of nitrogens with zero attached hydrogens (tertiary/aromatic N) is 2. The highest BCUT2D eigenvalue weighted by atomic mass is 35.5. The van der Waals surface area contributed by atoms with E-state index >= 15 is 0 Å². The second-order valence-electron chi connectivity index (χ2n) is 7.05. The maximum Gasteiger partial charge on any atom is 0.307 e. The molecule has 3 nitrogen and oxygen atoms in total. The predicted molar refractivity (Wildman–Crippen MR) is 126 cm³/mol. The lowest BCUT2D eigenvalue weighted by Crippen LogP contribution is -2.15. The van der Waals surface area contributed by atoms with E-state index in [0.717, 1.165) is 34.0 Å². The van der Waals surface area contributed by atoms with Crippen LogP contribution in [0.2, 0.25) is 5.02 Å². The summed E-state index contributed by atoms with van der Waals surface area (Å²) < 4.78 is 8.48. The normalized spacial score (nSPS) is 11.6. The molecular formula is C27H19ClN2O. The zero-order valence-corrected chi connectivity index (χ0v) is 17.4. The van der Waals surface area contributed by atoms with E-state index < -0.39 is 0 Å². The van der Waals surface area contributed by atoms with E-state index in [1.807, 2.05) is 108 Å². The van der Waals surface area contributed by atoms with Crippen LogP contribution < -0.4 is 5.68 Å². The first-order chi connectivity index (χ1) is 15.3. The van der Waals surface area contributed by atoms with Crippen molar-refractivity contribution in [2.24, 2.45) is 4.99 Å². The van der Waals surface area contributed by atoms with Crippen LogP contribution in [0.5, 0.6) is 0 Å². The molecule has 0 unspecified atom stereocenters. The Morgan fingerprint density at radius 3 is 1.77 bits per heavy atom. The molecule has 0 saturated carbocycles. The van der Waals surface area contributed by atoms with Crippen LogP contribution in [0.15, 0.2) is 125 Å². The minimum Gasteiger partial charge on any atom is -0.422 e. The topological polar surface area (TPSA) is 30.4 Å². The first kappa shape index (κ1) is 19.2. The van der Waals surface area contributed by atoms with Crippen LogP contribution in [0.25, 0.3) is 28.3 Å². The fourth-order valence-corrected chi connectivity index (χ4v) is 3.67. The average molecular weight is 423 g/mol. The van der Waals surface area contributed by atoms with Gasteiger partial charge in [-0.3, -0.25) is 4.57 Å². The van der Waals surface area contributed by atoms with Gasteiger partial charge in [0.1, 0.15) is 5.69 Å². The number of oxazole rings is 1. The maximum atomic E-state index is 6.44. The monoisotopic (exact) mass is 422 g/mol. The third kappa shape index (κ3) is 3.96. The molecule has 1 aromatic heterocycles. The highest BCUT2D eigenvalue weighted by Gasteiger charge is 2.20. The summed E-state index contributed by atoms with van der Waals surface area (Å²) in [5.74, 6) is 0.761. The van der Waals surface area contributed by atoms with E-state index in [2.05, 4.69) is 12.1 Å². The van der Waals surface area contributed by atoms with Gasteiger partial charge in [0, 0.05) is 16.1 Å². The highest BCUT2D eigenvalue weighted by Crippen LogP contribution is 2.33. The van der Waals surface area contributed by atoms with Crippen LogP contribution in [-0.2, 0) is 0 Å². The zero-order valence-electron chi connectivity index (χ0n) is 16.7. The molecule has 0 amide bonds. The molecule has 0 saturated heterocycles. The lowest BCUT2D eigenvalue weighted by Gasteiger charge is -2.10. The van der Waals surface area contributed by atoms with E-state index in [-0.39, 0.29) is 0 Å². The Labute approximate surface area is 185 Å². The van der Waals surface area contributed by atoms with Crippen LogP contribution in [0.4, 0.5) is 5.69 Å². The van der Waals surface area contributed by atoms with Crippen molar-refractivity contribution in [1.29, 1.82) is 0 Å². The molecule has 0 bridgehead atoms. The van der Waals surface area contributed by atoms with Crippen molar-refractivity contribution in [3.63, 3.8) is 0 Å². The number of rotatable bonds is 4. The maximum absolute atomic E-state index is 6.44. The SMILES string of the molecule is Clc1ccc(-n2c(-c3ccccc3)c(-c3ccccc3)oc2=Nc2ccccc2)cc1. The molecular weight excluding hydrogens is 404 g/mol. The molecule has 0 aliphatic rings. The molecule has 4 aromatic carbocycles. The molecule has 5 aromatic rings. The lowest BCUT2D eigenvalue weighted by atomic mass is 10.1. The summed E-state index contributed by atoms with van der Waals surface area (Å²) in [6.07, 6.45) is 0. The van der Waals surface area contributed by atoms with Gasteiger partial charge in [-0.15, -0.1) is 0 Å². The van der Waals surface area contributed by atoms with Gasteiger partial charge in [-0.05, 0) is 36.4 Å². The van der Waals surface area contributed by atoms with Crippen molar-refractivity contribution in [2.45, 2.75) is 0 Å². The van der Waals surface area contributed by atoms with Gasteiger partial charge in [-0.1, -0.05) is 90.5 Å². The van der Waals surface area contributed by atoms with E-state index in [1.54, 1.807) is 0 Å². The van der Waals surface area contributed by atoms with Gasteiger partial charge >= 0.3 is 5.68 Å². The molecule has 0 aliphatic carbocycles. The first-order valence-electron chi connectivity index (χ1n) is 10.0. The summed E-state index contributed by atoms with van der Waals surface area (Å²) in [7, 11) is 0. The number of halogens is 1. The second-order valence-corrected chi connectivity index (χ2v) is 7.49. The molecule has 4 heteroatoms. The average Bonchev–Trinajstić information content (AvgIpc) is 3.20. The van der Waals surface area contributed by atoms with Crippen LogP contribution in [0.3, 0.4) is 0 Å². The molecule has 1 heterocycles. The van der Waals surface area contributed by atoms with Crippen molar-refractivity contribution in [2.75, 3.05) is 0 Å². The van der Waals surface area contributed by atoms with Gasteiger partial charge in [0.2, 0.25) is 0 Å². The summed E-state index contributed by atoms with van der Waals surface area (Å²) in [6, 6.07) is 37.8. The summed E-state index contributed by atoms with van der Waals surface area (Å²) in [6.45, 7) is 0. The molecule has 5 rings (SSSR count). The lowest BCUT2D eigenvalue weighted by molar-refractivity contribution is 0.499. The number of benzene rings is 4. The van der Waals surface area contributed by atoms with Crippen molar-refractivity contribution >= 4 is 17.3 Å². The second kappa shape index (κ2) is 8.50. The van der Waals surface area contributed by atoms with Crippen LogP contribution in [-0.4, -0.2) is 4.57 Å². The third-order valence-electron chi connectivity index (χ3n) is 4.97. The Balaban J connectivity index is 1.88. The highest BCUT2D eigenvalue weighted by molar-refractivity contribution is 6.30. The van der Waals surface area contributed by atoms with Gasteiger partial charge in [-0.25, -0.2) is 0 Å². The first-order valence-corrected chi connectivity index (χ1v) is 10.4. The summed E-state index contributed by atoms with van der Waals surface area (Å²) in [4.78, 5) is 4.84. The minimum absolute atomic E-state index is 0.492. The van der Waals surface area contributed by atoms with E-state index in [0.29, 0.717) is 10.7 Å². The van der Waals surface area contributed by atoms with Crippen LogP contribution in [0.1, 0.15) is 0 Å². The van der Waals surface area contributed by atoms with Crippen molar-refractivity contribution in [3.8, 4) is 28.3 Å². The molecule has 0 N–H and O–H groups in total. The molecule has 150 valence electrons. The largest absolute Gasteiger partial charge is 0.422 e. The molecule has 31 heavy (non-hydrogen) atoms. The van der Waals surface area contributed by atoms with Gasteiger partial charge in [0.25, 0.3) is 0 Å². The van der Waals surface area contributed by atoms with Crippen molar-refractivity contribution in [3.05, 3.63) is 126 Å². The smallest absolute Gasteiger partial charge is 0.307 e. The molecule has 0 spiro atoms. The van der Waals surface area contributed by atoms with Crippen LogP contribution >= 0.6 is 11.6 Å². The van der Waals surface area contributed by atoms with Crippen LogP contribution in [0, 0.1) is 0 Å². The van der Waals surface area contributed by atoms with Gasteiger partial charge in [-0.2, -0.15) is 4.99 Å². The molecule has 0 fully saturated rings. The Bertz CT molecular complexity index is 1350. The molecule has 0 radical (unpaired) electrons. The van der Waals surface area contributed by atoms with Crippen molar-refractivity contribution in [1.82, 2.24) is 4.57 Å². The molecule has 0 atom stereocenters. The zero-order chi connectivity index (χ0) is 21.0. The predicted octanol–water partition coefficient (Wildman–Crippen LogP) is 7.29. The van der Waals surface area contributed by atoms with Crippen molar-refractivity contribution < 1.29 is 4.42 Å². The quantitative estimate of drug-likeness (QED) is 0.299. The number of hydrogen-bond donors (Lipinski definition) is 0. The summed E-state index contributed by atoms with van der Waals surface area (Å²) in [5, 5.41) is 0.680. The standard InChI is InChI=1S/C27H19ClN2O/c28-22-16-18-24(19-17-22)30-25(20-10-4-1-5-11-20)26(21-12-6-2-7-13-21)31-27(30)29-23-14-8-3-9-15-23/h1-19H. The number of aromatic nitrogens is 1. The Morgan fingerprint density at radius 2 is 1.16 bits per heavy atom. The molecule has 0 aliphatic heterocycles. The third-order valence-corrected chi connectivity index (χ3v) is 5.22. The van der Waals surface area contributed by atoms with E-state index in [9.17, 15) is 0 Å². The van der Waals surface area contributed by atoms with Gasteiger partial charge in [0.15, 0.2) is 5.76 Å². The fraction of sp³-hybridized carbons (Fsp3) is 0. The summed E-state index contributed by atoms with van der Waals surface area (Å²) >= 11 is 6.17. The van der Waals surface area contributed by atoms with E-state index in [4.69, 9.17) is 21.0 Å². The summed E-state index contributed by atoms with van der Waals surface area (Å²) in [5.41, 5.74) is 5.19. The number of para-hydroxylation sites is 1. The Kier molecular flexibility index (Phi) is 5.26. The van der Waals surface area contributed by atoms with E-state index in [1.165, 1.54) is 0 Å². The van der Waals surface area contributed by atoms with Gasteiger partial charge < -0.3 is 4.42 Å². The Hall–Kier alpha value is -3.82. The van der Waals surface area contributed by atoms with Gasteiger partial charge in [0.05, 0.1) is 11.4 Å².